The summed E-state index contributed by atoms with van der Waals surface area (Å²) in [6.45, 7) is 6.76. The third kappa shape index (κ3) is 4.38. The highest BCUT2D eigenvalue weighted by Crippen LogP contribution is 2.31. The second kappa shape index (κ2) is 7.95. The summed E-state index contributed by atoms with van der Waals surface area (Å²) in [5.41, 5.74) is 3.83. The number of hydrogen-bond donors (Lipinski definition) is 0. The molecule has 1 aliphatic heterocycles. The van der Waals surface area contributed by atoms with Crippen molar-refractivity contribution in [2.75, 3.05) is 24.3 Å². The molecule has 5 nitrogen and oxygen atoms in total. The summed E-state index contributed by atoms with van der Waals surface area (Å²) in [7, 11) is -3.27. The fraction of sp³-hybridized carbons (Fsp3) is 0.409. The minimum absolute atomic E-state index is 0.0452. The van der Waals surface area contributed by atoms with Crippen LogP contribution in [0.2, 0.25) is 0 Å². The fourth-order valence-electron chi connectivity index (χ4n) is 3.52. The average molecular weight is 402 g/mol. The van der Waals surface area contributed by atoms with Gasteiger partial charge in [0, 0.05) is 18.5 Å². The van der Waals surface area contributed by atoms with Crippen molar-refractivity contribution in [1.82, 2.24) is 0 Å². The molecule has 1 heterocycles. The van der Waals surface area contributed by atoms with Gasteiger partial charge in [0.25, 0.3) is 5.91 Å². The zero-order valence-electron chi connectivity index (χ0n) is 16.9. The van der Waals surface area contributed by atoms with Gasteiger partial charge in [0.2, 0.25) is 0 Å². The maximum Gasteiger partial charge on any atom is 0.264 e. The van der Waals surface area contributed by atoms with Crippen LogP contribution in [-0.4, -0.2) is 33.7 Å². The van der Waals surface area contributed by atoms with Gasteiger partial charge in [-0.2, -0.15) is 0 Å². The van der Waals surface area contributed by atoms with E-state index in [0.717, 1.165) is 41.0 Å². The van der Waals surface area contributed by atoms with Crippen LogP contribution >= 0.6 is 0 Å². The number of hydrogen-bond acceptors (Lipinski definition) is 4. The van der Waals surface area contributed by atoms with Crippen molar-refractivity contribution in [2.45, 2.75) is 44.4 Å². The molecule has 28 heavy (non-hydrogen) atoms. The largest absolute Gasteiger partial charge is 0.483 e. The number of anilines is 1. The van der Waals surface area contributed by atoms with E-state index in [4.69, 9.17) is 4.74 Å². The van der Waals surface area contributed by atoms with Gasteiger partial charge in [-0.25, -0.2) is 8.42 Å². The molecule has 0 bridgehead atoms. The maximum absolute atomic E-state index is 12.9. The second-order valence-electron chi connectivity index (χ2n) is 7.70. The minimum Gasteiger partial charge on any atom is -0.483 e. The predicted octanol–water partition coefficient (Wildman–Crippen LogP) is 3.88. The second-order valence-corrected chi connectivity index (χ2v) is 9.71. The van der Waals surface area contributed by atoms with Crippen LogP contribution in [0.25, 0.3) is 0 Å². The Kier molecular flexibility index (Phi) is 5.79. The molecule has 0 aromatic heterocycles. The summed E-state index contributed by atoms with van der Waals surface area (Å²) in [4.78, 5) is 14.9. The van der Waals surface area contributed by atoms with Gasteiger partial charge in [-0.3, -0.25) is 4.79 Å². The van der Waals surface area contributed by atoms with Crippen molar-refractivity contribution >= 4 is 21.4 Å². The van der Waals surface area contributed by atoms with Crippen molar-refractivity contribution in [3.05, 3.63) is 53.1 Å². The molecule has 0 spiro atoms. The molecule has 0 saturated carbocycles. The third-order valence-electron chi connectivity index (χ3n) is 5.04. The lowest BCUT2D eigenvalue weighted by atomic mass is 10.0. The number of fused-ring (bicyclic) bond motifs is 1. The van der Waals surface area contributed by atoms with Crippen LogP contribution in [0, 0.1) is 6.92 Å². The Hall–Kier alpha value is -2.34. The Labute approximate surface area is 167 Å². The highest BCUT2D eigenvalue weighted by atomic mass is 32.2. The summed E-state index contributed by atoms with van der Waals surface area (Å²) in [6.07, 6.45) is 2.76. The Bertz CT molecular complexity index is 996. The van der Waals surface area contributed by atoms with E-state index in [1.54, 1.807) is 23.1 Å². The predicted molar refractivity (Wildman–Crippen MR) is 111 cm³/mol. The highest BCUT2D eigenvalue weighted by molar-refractivity contribution is 7.90. The Morgan fingerprint density at radius 1 is 1.18 bits per heavy atom. The molecular formula is C22H27NO4S. The average Bonchev–Trinajstić information content (AvgIpc) is 2.64. The molecule has 3 rings (SSSR count). The van der Waals surface area contributed by atoms with Crippen molar-refractivity contribution in [2.24, 2.45) is 0 Å². The van der Waals surface area contributed by atoms with Crippen LogP contribution in [0.3, 0.4) is 0 Å². The van der Waals surface area contributed by atoms with Crippen molar-refractivity contribution in [3.63, 3.8) is 0 Å². The van der Waals surface area contributed by atoms with E-state index in [1.165, 1.54) is 6.26 Å². The minimum atomic E-state index is -3.27. The number of ether oxygens (including phenoxy) is 1. The molecule has 0 radical (unpaired) electrons. The molecule has 2 aromatic carbocycles. The summed E-state index contributed by atoms with van der Waals surface area (Å²) < 4.78 is 29.5. The number of sulfone groups is 1. The molecule has 0 fully saturated rings. The van der Waals surface area contributed by atoms with Crippen molar-refractivity contribution in [3.8, 4) is 5.75 Å². The first-order valence-corrected chi connectivity index (χ1v) is 11.4. The molecular weight excluding hydrogens is 374 g/mol. The number of carbonyl (C=O) groups excluding carboxylic acids is 1. The van der Waals surface area contributed by atoms with Crippen LogP contribution < -0.4 is 9.64 Å². The normalized spacial score (nSPS) is 14.1. The molecule has 2 aromatic rings. The number of carbonyl (C=O) groups is 1. The molecule has 0 unspecified atom stereocenters. The number of benzene rings is 2. The van der Waals surface area contributed by atoms with E-state index in [2.05, 4.69) is 13.8 Å². The highest BCUT2D eigenvalue weighted by Gasteiger charge is 2.24. The molecule has 0 saturated heterocycles. The van der Waals surface area contributed by atoms with E-state index in [-0.39, 0.29) is 17.4 Å². The van der Waals surface area contributed by atoms with E-state index < -0.39 is 9.84 Å². The van der Waals surface area contributed by atoms with Gasteiger partial charge in [0.15, 0.2) is 16.4 Å². The van der Waals surface area contributed by atoms with Gasteiger partial charge in [-0.1, -0.05) is 26.0 Å². The molecule has 0 atom stereocenters. The lowest BCUT2D eigenvalue weighted by molar-refractivity contribution is -0.120. The SMILES string of the molecule is Cc1ccc(C(C)C)c(OCC(=O)N2CCCc3cc(S(C)(=O)=O)ccc32)c1. The van der Waals surface area contributed by atoms with E-state index in [0.29, 0.717) is 12.5 Å². The van der Waals surface area contributed by atoms with Gasteiger partial charge in [0.05, 0.1) is 4.90 Å². The standard InChI is InChI=1S/C22H27NO4S/c1-15(2)19-9-7-16(3)12-21(19)27-14-22(24)23-11-5-6-17-13-18(28(4,25)26)8-10-20(17)23/h7-10,12-13,15H,5-6,11,14H2,1-4H3. The zero-order valence-corrected chi connectivity index (χ0v) is 17.7. The summed E-state index contributed by atoms with van der Waals surface area (Å²) in [5.74, 6) is 0.924. The lowest BCUT2D eigenvalue weighted by Crippen LogP contribution is -2.38. The Morgan fingerprint density at radius 2 is 1.93 bits per heavy atom. The smallest absolute Gasteiger partial charge is 0.264 e. The summed E-state index contributed by atoms with van der Waals surface area (Å²) in [5, 5.41) is 0. The first-order valence-electron chi connectivity index (χ1n) is 9.53. The molecule has 1 aliphatic rings. The molecule has 150 valence electrons. The van der Waals surface area contributed by atoms with Crippen molar-refractivity contribution < 1.29 is 17.9 Å². The van der Waals surface area contributed by atoms with E-state index in [1.807, 2.05) is 25.1 Å². The van der Waals surface area contributed by atoms with E-state index in [9.17, 15) is 13.2 Å². The molecule has 6 heteroatoms. The van der Waals surface area contributed by atoms with Gasteiger partial charge in [-0.05, 0) is 66.6 Å². The molecule has 1 amide bonds. The monoisotopic (exact) mass is 401 g/mol. The van der Waals surface area contributed by atoms with Gasteiger partial charge in [0.1, 0.15) is 5.75 Å². The summed E-state index contributed by atoms with van der Waals surface area (Å²) >= 11 is 0. The lowest BCUT2D eigenvalue weighted by Gasteiger charge is -2.30. The van der Waals surface area contributed by atoms with Crippen molar-refractivity contribution in [1.29, 1.82) is 0 Å². The van der Waals surface area contributed by atoms with Crippen LogP contribution in [0.15, 0.2) is 41.3 Å². The van der Waals surface area contributed by atoms with Gasteiger partial charge >= 0.3 is 0 Å². The zero-order chi connectivity index (χ0) is 20.5. The first kappa shape index (κ1) is 20.4. The number of rotatable bonds is 5. The third-order valence-corrected chi connectivity index (χ3v) is 6.15. The topological polar surface area (TPSA) is 63.7 Å². The maximum atomic E-state index is 12.9. The number of nitrogens with zero attached hydrogens (tertiary/aromatic N) is 1. The quantitative estimate of drug-likeness (QED) is 0.763. The van der Waals surface area contributed by atoms with Crippen LogP contribution in [0.1, 0.15) is 42.9 Å². The molecule has 0 N–H and O–H groups in total. The first-order chi connectivity index (χ1) is 13.2. The molecule has 0 aliphatic carbocycles. The van der Waals surface area contributed by atoms with Gasteiger partial charge in [-0.15, -0.1) is 0 Å². The van der Waals surface area contributed by atoms with Gasteiger partial charge < -0.3 is 9.64 Å². The summed E-state index contributed by atoms with van der Waals surface area (Å²) in [6, 6.07) is 11.0. The van der Waals surface area contributed by atoms with Crippen LogP contribution in [-0.2, 0) is 21.1 Å². The number of amides is 1. The van der Waals surface area contributed by atoms with Crippen LogP contribution in [0.4, 0.5) is 5.69 Å². The van der Waals surface area contributed by atoms with E-state index >= 15 is 0 Å². The number of aryl methyl sites for hydroxylation is 2. The Morgan fingerprint density at radius 3 is 2.61 bits per heavy atom. The fourth-order valence-corrected chi connectivity index (χ4v) is 4.20. The van der Waals surface area contributed by atoms with Crippen LogP contribution in [0.5, 0.6) is 5.75 Å². The Balaban J connectivity index is 1.79.